The van der Waals surface area contributed by atoms with Gasteiger partial charge in [-0.1, -0.05) is 53.7 Å². The fourth-order valence-corrected chi connectivity index (χ4v) is 9.61. The zero-order valence-corrected chi connectivity index (χ0v) is 37.5. The summed E-state index contributed by atoms with van der Waals surface area (Å²) in [6.45, 7) is 0.175. The Morgan fingerprint density at radius 1 is 0.641 bits per heavy atom. The van der Waals surface area contributed by atoms with Gasteiger partial charge in [0.15, 0.2) is 11.9 Å². The van der Waals surface area contributed by atoms with Crippen molar-refractivity contribution in [3.8, 4) is 0 Å². The summed E-state index contributed by atoms with van der Waals surface area (Å²) < 4.78 is 0. The molecule has 9 amide bonds. The number of primary amides is 2. The number of aliphatic imine (C=N–C) groups is 2. The topological polar surface area (TPSA) is 419 Å². The van der Waals surface area contributed by atoms with E-state index in [0.29, 0.717) is 5.75 Å². The smallest absolute Gasteiger partial charge is 0.243 e. The molecule has 1 saturated carbocycles. The number of guanidine groups is 2. The van der Waals surface area contributed by atoms with Crippen LogP contribution in [0, 0.1) is 5.92 Å². The van der Waals surface area contributed by atoms with Crippen LogP contribution in [0.25, 0.3) is 0 Å². The van der Waals surface area contributed by atoms with Crippen LogP contribution in [0.15, 0.2) is 9.98 Å². The van der Waals surface area contributed by atoms with E-state index in [0.717, 1.165) is 32.1 Å². The maximum absolute atomic E-state index is 14.2. The van der Waals surface area contributed by atoms with Crippen molar-refractivity contribution >= 4 is 86.7 Å². The highest BCUT2D eigenvalue weighted by molar-refractivity contribution is 8.76. The third kappa shape index (κ3) is 19.5. The molecule has 2 saturated heterocycles. The molecule has 358 valence electrons. The first-order valence-corrected chi connectivity index (χ1v) is 24.0. The molecular formula is C38H65N15O9S2. The summed E-state index contributed by atoms with van der Waals surface area (Å²) in [5.41, 5.74) is 32.8. The first-order chi connectivity index (χ1) is 30.4. The first-order valence-electron chi connectivity index (χ1n) is 21.5. The summed E-state index contributed by atoms with van der Waals surface area (Å²) in [5.74, 6) is -5.81. The van der Waals surface area contributed by atoms with Gasteiger partial charge in [-0.25, -0.2) is 0 Å². The number of carbonyl (C=O) groups is 9. The Labute approximate surface area is 379 Å². The van der Waals surface area contributed by atoms with Gasteiger partial charge < -0.3 is 71.6 Å². The van der Waals surface area contributed by atoms with E-state index in [1.54, 1.807) is 0 Å². The molecule has 2 aliphatic heterocycles. The van der Waals surface area contributed by atoms with Crippen LogP contribution in [-0.2, 0) is 43.2 Å². The van der Waals surface area contributed by atoms with Crippen molar-refractivity contribution in [1.82, 2.24) is 37.2 Å². The lowest BCUT2D eigenvalue weighted by molar-refractivity contribution is -0.136. The van der Waals surface area contributed by atoms with E-state index in [4.69, 9.17) is 34.4 Å². The second-order valence-corrected chi connectivity index (χ2v) is 18.6. The maximum Gasteiger partial charge on any atom is 0.243 e. The molecule has 26 heteroatoms. The number of nitrogens with two attached hydrogens (primary N) is 6. The Hall–Kier alpha value is -5.53. The Kier molecular flexibility index (Phi) is 22.8. The van der Waals surface area contributed by atoms with Crippen LogP contribution in [0.3, 0.4) is 0 Å². The fraction of sp³-hybridized carbons (Fsp3) is 0.711. The molecule has 7 atom stereocenters. The quantitative estimate of drug-likeness (QED) is 0.0189. The Balaban J connectivity index is 1.87. The summed E-state index contributed by atoms with van der Waals surface area (Å²) in [4.78, 5) is 126. The highest BCUT2D eigenvalue weighted by Crippen LogP contribution is 2.28. The molecule has 0 aromatic carbocycles. The zero-order valence-electron chi connectivity index (χ0n) is 35.9. The lowest BCUT2D eigenvalue weighted by Crippen LogP contribution is -2.60. The van der Waals surface area contributed by atoms with Gasteiger partial charge in [0.25, 0.3) is 0 Å². The molecule has 0 radical (unpaired) electrons. The lowest BCUT2D eigenvalue weighted by Gasteiger charge is -2.30. The van der Waals surface area contributed by atoms with E-state index >= 15 is 0 Å². The lowest BCUT2D eigenvalue weighted by atomic mass is 9.84. The third-order valence-electron chi connectivity index (χ3n) is 10.8. The molecule has 0 unspecified atom stereocenters. The Morgan fingerprint density at radius 2 is 1.20 bits per heavy atom. The van der Waals surface area contributed by atoms with Gasteiger partial charge in [0.05, 0.1) is 0 Å². The predicted molar refractivity (Wildman–Crippen MR) is 241 cm³/mol. The van der Waals surface area contributed by atoms with Crippen molar-refractivity contribution < 1.29 is 43.2 Å². The number of nitrogens with zero attached hydrogens (tertiary/aromatic N) is 2. The summed E-state index contributed by atoms with van der Waals surface area (Å²) in [7, 11) is 2.78. The molecule has 2 heterocycles. The highest BCUT2D eigenvalue weighted by Gasteiger charge is 2.36. The van der Waals surface area contributed by atoms with Crippen molar-refractivity contribution in [1.29, 1.82) is 0 Å². The van der Waals surface area contributed by atoms with Crippen LogP contribution in [0.1, 0.15) is 96.3 Å². The Morgan fingerprint density at radius 3 is 1.73 bits per heavy atom. The molecular weight excluding hydrogens is 875 g/mol. The zero-order chi connectivity index (χ0) is 47.2. The van der Waals surface area contributed by atoms with E-state index < -0.39 is 89.6 Å². The van der Waals surface area contributed by atoms with Gasteiger partial charge in [-0.15, -0.1) is 0 Å². The average Bonchev–Trinajstić information content (AvgIpc) is 3.71. The minimum Gasteiger partial charge on any atom is -0.370 e. The first kappa shape index (κ1) is 52.8. The van der Waals surface area contributed by atoms with Gasteiger partial charge in [0.1, 0.15) is 42.3 Å². The van der Waals surface area contributed by atoms with E-state index in [2.05, 4.69) is 47.2 Å². The molecule has 0 aromatic rings. The molecule has 3 rings (SSSR count). The van der Waals surface area contributed by atoms with Gasteiger partial charge >= 0.3 is 0 Å². The predicted octanol–water partition coefficient (Wildman–Crippen LogP) is -4.21. The summed E-state index contributed by atoms with van der Waals surface area (Å²) in [6.07, 6.45) is 4.96. The highest BCUT2D eigenvalue weighted by atomic mass is 33.1. The van der Waals surface area contributed by atoms with Crippen LogP contribution >= 0.6 is 21.6 Å². The monoisotopic (exact) mass is 939 g/mol. The molecule has 0 bridgehead atoms. The van der Waals surface area contributed by atoms with Gasteiger partial charge in [-0.3, -0.25) is 53.1 Å². The van der Waals surface area contributed by atoms with E-state index in [1.807, 2.05) is 0 Å². The number of amides is 9. The van der Waals surface area contributed by atoms with Crippen LogP contribution in [0.5, 0.6) is 0 Å². The number of nitrogens with one attached hydrogen (secondary N) is 7. The average molecular weight is 940 g/mol. The molecule has 0 spiro atoms. The number of carbonyl (C=O) groups excluding carboxylic acids is 9. The van der Waals surface area contributed by atoms with E-state index in [-0.39, 0.29) is 107 Å². The summed E-state index contributed by atoms with van der Waals surface area (Å²) in [5, 5.41) is 18.5. The number of hydrogen-bond acceptors (Lipinski definition) is 13. The number of rotatable bonds is 24. The van der Waals surface area contributed by atoms with Crippen molar-refractivity contribution in [3.63, 3.8) is 0 Å². The molecule has 3 aliphatic rings. The van der Waals surface area contributed by atoms with Gasteiger partial charge in [-0.2, -0.15) is 0 Å². The van der Waals surface area contributed by atoms with Crippen molar-refractivity contribution in [2.75, 3.05) is 24.6 Å². The summed E-state index contributed by atoms with van der Waals surface area (Å²) in [6, 6.07) is -8.09. The second-order valence-electron chi connectivity index (χ2n) is 16.0. The second kappa shape index (κ2) is 27.6. The third-order valence-corrected chi connectivity index (χ3v) is 13.3. The van der Waals surface area contributed by atoms with Crippen molar-refractivity contribution in [2.45, 2.75) is 139 Å². The fourth-order valence-electron chi connectivity index (χ4n) is 7.34. The molecule has 19 N–H and O–H groups in total. The normalized spacial score (nSPS) is 21.0. The molecule has 0 aromatic heterocycles. The Bertz CT molecular complexity index is 1720. The molecule has 1 aliphatic carbocycles. The maximum atomic E-state index is 14.2. The van der Waals surface area contributed by atoms with Crippen LogP contribution in [0.4, 0.5) is 0 Å². The van der Waals surface area contributed by atoms with Crippen molar-refractivity contribution in [3.05, 3.63) is 0 Å². The van der Waals surface area contributed by atoms with Crippen molar-refractivity contribution in [2.24, 2.45) is 50.3 Å². The molecule has 24 nitrogen and oxygen atoms in total. The number of hydrogen-bond donors (Lipinski definition) is 13. The standard InChI is InChI=1S/C38H65N15O9S2/c39-28(54)12-10-24(34(60)52-26(18-20-6-2-1-3-7-20)36(62)51-25-14-17-63-64-19-27(30(40)56)53-35(25)61)50-32(58)22(9-5-16-46-38(43)44)48-31(57)21(8-4-15-45-37(41)42)49-33(59)23-11-13-29(55)47-23/h20-27H,1-19H2,(H2,39,54)(H2,40,56)(H,47,55)(H,48,57)(H,49,59)(H,50,58)(H,51,62)(H,52,60)(H,53,61)(H4,41,42,45)(H4,43,44,46)/t21-,22-,23+,24+,25+,26+,27+/m1/s1. The van der Waals surface area contributed by atoms with E-state index in [9.17, 15) is 43.2 Å². The van der Waals surface area contributed by atoms with Gasteiger partial charge in [-0.05, 0) is 57.3 Å². The minimum atomic E-state index is -1.45. The molecule has 3 fully saturated rings. The molecule has 64 heavy (non-hydrogen) atoms. The SMILES string of the molecule is NC(=O)CC[C@H](NC(=O)[C@@H](CCCN=C(N)N)NC(=O)[C@@H](CCCN=C(N)N)NC(=O)[C@@H]1CCC(=O)N1)C(=O)N[C@@H](CC1CCCCC1)C(=O)N[C@H]1CCSSC[C@@H](C(N)=O)NC1=O. The van der Waals surface area contributed by atoms with Crippen LogP contribution in [0.2, 0.25) is 0 Å². The van der Waals surface area contributed by atoms with Gasteiger partial charge in [0.2, 0.25) is 53.2 Å². The largest absolute Gasteiger partial charge is 0.370 e. The van der Waals surface area contributed by atoms with Crippen LogP contribution < -0.4 is 71.6 Å². The van der Waals surface area contributed by atoms with E-state index in [1.165, 1.54) is 21.6 Å². The minimum absolute atomic E-state index is 0.0253. The van der Waals surface area contributed by atoms with Gasteiger partial charge in [0, 0.05) is 37.4 Å². The van der Waals surface area contributed by atoms with Crippen LogP contribution in [-0.4, -0.2) is 132 Å². The summed E-state index contributed by atoms with van der Waals surface area (Å²) >= 11 is 0.